The van der Waals surface area contributed by atoms with Gasteiger partial charge in [0.25, 0.3) is 0 Å². The van der Waals surface area contributed by atoms with E-state index < -0.39 is 5.97 Å². The summed E-state index contributed by atoms with van der Waals surface area (Å²) in [5.74, 6) is 0.615. The maximum absolute atomic E-state index is 12.9. The topological polar surface area (TPSA) is 85.1 Å². The fraction of sp³-hybridized carbons (Fsp3) is 0.357. The van der Waals surface area contributed by atoms with Crippen LogP contribution in [0.1, 0.15) is 77.8 Å². The number of aromatic carboxylic acids is 1. The van der Waals surface area contributed by atoms with Crippen LogP contribution in [-0.4, -0.2) is 31.6 Å². The molecule has 0 bridgehead atoms. The molecule has 0 atom stereocenters. The Morgan fingerprint density at radius 3 is 2.50 bits per heavy atom. The van der Waals surface area contributed by atoms with Crippen LogP contribution in [0.15, 0.2) is 60.7 Å². The van der Waals surface area contributed by atoms with E-state index in [9.17, 15) is 14.7 Å². The van der Waals surface area contributed by atoms with Crippen LogP contribution < -0.4 is 0 Å². The van der Waals surface area contributed by atoms with E-state index in [1.54, 1.807) is 12.1 Å². The van der Waals surface area contributed by atoms with Crippen molar-refractivity contribution < 1.29 is 14.7 Å². The zero-order valence-corrected chi connectivity index (χ0v) is 19.6. The minimum absolute atomic E-state index is 0.0352. The summed E-state index contributed by atoms with van der Waals surface area (Å²) in [7, 11) is 0. The summed E-state index contributed by atoms with van der Waals surface area (Å²) in [5.41, 5.74) is 2.84. The molecule has 3 aromatic rings. The number of nitrogens with zero attached hydrogens (tertiary/aromatic N) is 3. The van der Waals surface area contributed by atoms with Crippen molar-refractivity contribution in [1.29, 1.82) is 0 Å². The van der Waals surface area contributed by atoms with Crippen LogP contribution in [0.4, 0.5) is 0 Å². The lowest BCUT2D eigenvalue weighted by Gasteiger charge is -2.19. The number of benzene rings is 2. The minimum atomic E-state index is -0.942. The quantitative estimate of drug-likeness (QED) is 0.316. The molecule has 1 fully saturated rings. The molecule has 34 heavy (non-hydrogen) atoms. The van der Waals surface area contributed by atoms with Crippen molar-refractivity contribution in [3.05, 3.63) is 83.5 Å². The number of carboxylic acids is 1. The zero-order valence-electron chi connectivity index (χ0n) is 19.6. The Hall–Kier alpha value is -3.54. The van der Waals surface area contributed by atoms with Crippen molar-refractivity contribution in [2.75, 3.05) is 0 Å². The molecule has 1 aromatic heterocycles. The van der Waals surface area contributed by atoms with E-state index in [0.717, 1.165) is 29.8 Å². The molecule has 176 valence electrons. The summed E-state index contributed by atoms with van der Waals surface area (Å²) in [5, 5.41) is 14.0. The second-order valence-corrected chi connectivity index (χ2v) is 8.96. The van der Waals surface area contributed by atoms with Gasteiger partial charge in [-0.25, -0.2) is 14.5 Å². The van der Waals surface area contributed by atoms with E-state index >= 15 is 0 Å². The molecule has 1 aliphatic rings. The van der Waals surface area contributed by atoms with E-state index in [0.29, 0.717) is 36.7 Å². The van der Waals surface area contributed by atoms with Gasteiger partial charge < -0.3 is 5.11 Å². The lowest BCUT2D eigenvalue weighted by molar-refractivity contribution is 0.0697. The predicted molar refractivity (Wildman–Crippen MR) is 132 cm³/mol. The van der Waals surface area contributed by atoms with E-state index in [1.807, 2.05) is 60.2 Å². The van der Waals surface area contributed by atoms with Crippen molar-refractivity contribution >= 4 is 11.8 Å². The molecular weight excluding hydrogens is 426 g/mol. The normalized spacial score (nSPS) is 14.5. The smallest absolute Gasteiger partial charge is 0.336 e. The van der Waals surface area contributed by atoms with Gasteiger partial charge in [0.2, 0.25) is 11.6 Å². The summed E-state index contributed by atoms with van der Waals surface area (Å²) >= 11 is 0. The van der Waals surface area contributed by atoms with Gasteiger partial charge in [-0.15, -0.1) is 5.10 Å². The maximum atomic E-state index is 12.9. The molecule has 1 aliphatic carbocycles. The summed E-state index contributed by atoms with van der Waals surface area (Å²) in [4.78, 5) is 29.1. The van der Waals surface area contributed by atoms with Crippen molar-refractivity contribution in [1.82, 2.24) is 14.8 Å². The van der Waals surface area contributed by atoms with Gasteiger partial charge in [-0.2, -0.15) is 0 Å². The monoisotopic (exact) mass is 457 g/mol. The highest BCUT2D eigenvalue weighted by Gasteiger charge is 2.22. The third-order valence-corrected chi connectivity index (χ3v) is 6.50. The Morgan fingerprint density at radius 2 is 1.79 bits per heavy atom. The molecule has 0 unspecified atom stereocenters. The third kappa shape index (κ3) is 5.68. The molecule has 0 aliphatic heterocycles. The third-order valence-electron chi connectivity index (χ3n) is 6.50. The summed E-state index contributed by atoms with van der Waals surface area (Å²) in [6.07, 6.45) is 11.0. The maximum Gasteiger partial charge on any atom is 0.336 e. The average Bonchev–Trinajstić information content (AvgIpc) is 3.26. The Kier molecular flexibility index (Phi) is 7.68. The van der Waals surface area contributed by atoms with Crippen LogP contribution >= 0.6 is 0 Å². The van der Waals surface area contributed by atoms with Crippen molar-refractivity contribution in [2.45, 2.75) is 58.4 Å². The van der Waals surface area contributed by atoms with Crippen LogP contribution in [0.3, 0.4) is 0 Å². The van der Waals surface area contributed by atoms with Gasteiger partial charge in [0.05, 0.1) is 12.1 Å². The Morgan fingerprint density at radius 1 is 1.06 bits per heavy atom. The summed E-state index contributed by atoms with van der Waals surface area (Å²) in [6, 6.07) is 14.8. The predicted octanol–water partition coefficient (Wildman–Crippen LogP) is 5.96. The van der Waals surface area contributed by atoms with Crippen LogP contribution in [0.5, 0.6) is 0 Å². The summed E-state index contributed by atoms with van der Waals surface area (Å²) in [6.45, 7) is 2.53. The van der Waals surface area contributed by atoms with Gasteiger partial charge >= 0.3 is 5.97 Å². The van der Waals surface area contributed by atoms with E-state index in [4.69, 9.17) is 0 Å². The van der Waals surface area contributed by atoms with Crippen molar-refractivity contribution in [2.24, 2.45) is 5.92 Å². The van der Waals surface area contributed by atoms with Gasteiger partial charge in [-0.3, -0.25) is 4.79 Å². The lowest BCUT2D eigenvalue weighted by atomic mass is 9.86. The first-order valence-corrected chi connectivity index (χ1v) is 12.0. The number of allylic oxidation sites excluding steroid dienone is 2. The first kappa shape index (κ1) is 23.6. The number of carbonyl (C=O) groups excluding carboxylic acids is 1. The molecule has 1 heterocycles. The molecule has 0 saturated heterocycles. The Balaban J connectivity index is 1.53. The number of aromatic nitrogens is 3. The standard InChI is InChI=1S/C28H31N3O3/c1-2-3-17-31-26(29-27(30-31)25(32)18-20-9-5-4-6-10-20)19-21-13-15-22(16-14-21)23-11-7-8-12-24(23)28(33)34/h2-3,7-8,11-16,20H,4-6,9-10,17-19H2,1H3,(H,33,34)/b3-2+. The lowest BCUT2D eigenvalue weighted by Crippen LogP contribution is -2.13. The second-order valence-electron chi connectivity index (χ2n) is 8.96. The molecule has 0 radical (unpaired) electrons. The molecule has 1 saturated carbocycles. The zero-order chi connectivity index (χ0) is 23.9. The SMILES string of the molecule is C/C=C/Cn1nc(C(=O)CC2CCCCC2)nc1Cc1ccc(-c2ccccc2C(=O)O)cc1. The fourth-order valence-corrected chi connectivity index (χ4v) is 4.63. The molecule has 6 nitrogen and oxygen atoms in total. The number of carboxylic acid groups (broad SMARTS) is 1. The van der Waals surface area contributed by atoms with Gasteiger partial charge in [-0.05, 0) is 35.6 Å². The minimum Gasteiger partial charge on any atom is -0.478 e. The Bertz CT molecular complexity index is 1170. The molecule has 0 amide bonds. The number of hydrogen-bond acceptors (Lipinski definition) is 4. The first-order valence-electron chi connectivity index (χ1n) is 12.0. The number of hydrogen-bond donors (Lipinski definition) is 1. The van der Waals surface area contributed by atoms with Gasteiger partial charge in [0.15, 0.2) is 0 Å². The molecule has 2 aromatic carbocycles. The number of rotatable bonds is 9. The van der Waals surface area contributed by atoms with Crippen LogP contribution in [0.2, 0.25) is 0 Å². The highest BCUT2D eigenvalue weighted by molar-refractivity contribution is 5.96. The molecule has 6 heteroatoms. The number of Topliss-reactive ketones (excluding diaryl/α,β-unsaturated/α-hetero) is 1. The number of carbonyl (C=O) groups is 2. The molecule has 1 N–H and O–H groups in total. The van der Waals surface area contributed by atoms with Gasteiger partial charge in [-0.1, -0.05) is 86.7 Å². The molecule has 0 spiro atoms. The van der Waals surface area contributed by atoms with Crippen LogP contribution in [0.25, 0.3) is 11.1 Å². The largest absolute Gasteiger partial charge is 0.478 e. The van der Waals surface area contributed by atoms with Crippen molar-refractivity contribution in [3.8, 4) is 11.1 Å². The first-order chi connectivity index (χ1) is 16.5. The van der Waals surface area contributed by atoms with E-state index in [1.165, 1.54) is 19.3 Å². The van der Waals surface area contributed by atoms with Crippen LogP contribution in [-0.2, 0) is 13.0 Å². The van der Waals surface area contributed by atoms with Gasteiger partial charge in [0.1, 0.15) is 5.82 Å². The highest BCUT2D eigenvalue weighted by Crippen LogP contribution is 2.28. The fourth-order valence-electron chi connectivity index (χ4n) is 4.63. The molecular formula is C28H31N3O3. The summed E-state index contributed by atoms with van der Waals surface area (Å²) < 4.78 is 1.81. The Labute approximate surface area is 200 Å². The average molecular weight is 458 g/mol. The van der Waals surface area contributed by atoms with Crippen molar-refractivity contribution in [3.63, 3.8) is 0 Å². The van der Waals surface area contributed by atoms with E-state index in [-0.39, 0.29) is 11.3 Å². The van der Waals surface area contributed by atoms with Crippen LogP contribution in [0, 0.1) is 5.92 Å². The van der Waals surface area contributed by atoms with E-state index in [2.05, 4.69) is 10.1 Å². The second kappa shape index (κ2) is 11.1. The number of ketones is 1. The van der Waals surface area contributed by atoms with Gasteiger partial charge in [0, 0.05) is 12.8 Å². The highest BCUT2D eigenvalue weighted by atomic mass is 16.4. The molecule has 4 rings (SSSR count).